The Morgan fingerprint density at radius 2 is 0.724 bits per heavy atom. The molecule has 0 saturated carbocycles. The summed E-state index contributed by atoms with van der Waals surface area (Å²) in [6.07, 6.45) is 1.30. The van der Waals surface area contributed by atoms with Gasteiger partial charge in [-0.15, -0.1) is 0 Å². The maximum Gasteiger partial charge on any atom is 0.346 e. The molecule has 0 spiro atoms. The Labute approximate surface area is 444 Å². The molecule has 1 N–H and O–H groups in total. The summed E-state index contributed by atoms with van der Waals surface area (Å²) in [4.78, 5) is 14.8. The van der Waals surface area contributed by atoms with Gasteiger partial charge in [0.15, 0.2) is 0 Å². The van der Waals surface area contributed by atoms with Crippen molar-refractivity contribution in [3.63, 3.8) is 0 Å². The third kappa shape index (κ3) is 6.47. The average Bonchev–Trinajstić information content (AvgIpc) is 2.78. The number of hydrogen-bond acceptors (Lipinski definition) is 4. The lowest BCUT2D eigenvalue weighted by Crippen LogP contribution is -2.49. The van der Waals surface area contributed by atoms with E-state index in [4.69, 9.17) is 4.42 Å². The van der Waals surface area contributed by atoms with Crippen molar-refractivity contribution in [2.24, 2.45) is 0 Å². The number of carboxylic acid groups (broad SMARTS) is 1. The molecule has 3 aliphatic heterocycles. The molecule has 13 rings (SSSR count). The summed E-state index contributed by atoms with van der Waals surface area (Å²) in [6, 6.07) is 79.1. The number of aryl methyl sites for hydroxylation is 6. The fourth-order valence-corrected chi connectivity index (χ4v) is 13.2. The number of carboxylic acids is 1. The SMILES string of the molecule is Cc1ccc(C2(c3ccc(C)cc3)c3cccc4c3N3c5c2cccc5C(c2ccc(C)cc2)(c2ccc(C)cc2)c2cc(-c5ccc(/C=C(\C#N)C(=O)O)o5)cc(c23)C4(c2ccc(C)cc2)c2ccc(C)cc2)cc1. The monoisotopic (exact) mass is 982 g/mol. The van der Waals surface area contributed by atoms with E-state index >= 15 is 0 Å². The van der Waals surface area contributed by atoms with Gasteiger partial charge in [0.2, 0.25) is 0 Å². The summed E-state index contributed by atoms with van der Waals surface area (Å²) in [5.41, 5.74) is 21.9. The van der Waals surface area contributed by atoms with E-state index in [0.29, 0.717) is 5.76 Å². The fraction of sp³-hybridized carbons (Fsp3) is 0.127. The second-order valence-corrected chi connectivity index (χ2v) is 21.3. The van der Waals surface area contributed by atoms with E-state index in [9.17, 15) is 15.2 Å². The average molecular weight is 983 g/mol. The highest BCUT2D eigenvalue weighted by Crippen LogP contribution is 2.72. The van der Waals surface area contributed by atoms with Crippen molar-refractivity contribution in [2.75, 3.05) is 4.90 Å². The van der Waals surface area contributed by atoms with Crippen molar-refractivity contribution in [3.05, 3.63) is 318 Å². The van der Waals surface area contributed by atoms with Crippen LogP contribution in [0.25, 0.3) is 17.4 Å². The summed E-state index contributed by atoms with van der Waals surface area (Å²) in [5.74, 6) is -0.490. The molecule has 0 saturated heterocycles. The number of hydrogen-bond donors (Lipinski definition) is 1. The molecule has 0 bridgehead atoms. The quantitative estimate of drug-likeness (QED) is 0.115. The topological polar surface area (TPSA) is 77.5 Å². The van der Waals surface area contributed by atoms with E-state index < -0.39 is 27.8 Å². The molecule has 0 amide bonds. The molecule has 9 aromatic carbocycles. The Balaban J connectivity index is 1.31. The lowest BCUT2D eigenvalue weighted by Gasteiger charge is -2.58. The van der Waals surface area contributed by atoms with Crippen LogP contribution in [-0.4, -0.2) is 11.1 Å². The Bertz CT molecular complexity index is 3740. The van der Waals surface area contributed by atoms with Gasteiger partial charge in [0, 0.05) is 11.6 Å². The molecular formula is C71H54N2O3. The highest BCUT2D eigenvalue weighted by Gasteiger charge is 2.60. The lowest BCUT2D eigenvalue weighted by atomic mass is 9.52. The zero-order chi connectivity index (χ0) is 52.3. The van der Waals surface area contributed by atoms with Crippen molar-refractivity contribution in [1.29, 1.82) is 5.26 Å². The van der Waals surface area contributed by atoms with Crippen LogP contribution < -0.4 is 4.90 Å². The Morgan fingerprint density at radius 3 is 1.01 bits per heavy atom. The normalized spacial score (nSPS) is 14.9. The number of benzene rings is 9. The molecule has 5 nitrogen and oxygen atoms in total. The predicted molar refractivity (Wildman–Crippen MR) is 304 cm³/mol. The van der Waals surface area contributed by atoms with E-state index in [1.165, 1.54) is 39.5 Å². The summed E-state index contributed by atoms with van der Waals surface area (Å²) in [7, 11) is 0. The smallest absolute Gasteiger partial charge is 0.346 e. The number of rotatable bonds is 9. The van der Waals surface area contributed by atoms with Gasteiger partial charge in [-0.2, -0.15) is 5.26 Å². The number of anilines is 3. The van der Waals surface area contributed by atoms with Gasteiger partial charge in [0.25, 0.3) is 0 Å². The Hall–Kier alpha value is -9.24. The maximum absolute atomic E-state index is 12.2. The fourth-order valence-electron chi connectivity index (χ4n) is 13.2. The van der Waals surface area contributed by atoms with E-state index in [2.05, 4.69) is 241 Å². The number of aliphatic carboxylic acids is 1. The van der Waals surface area contributed by atoms with E-state index in [1.807, 2.05) is 12.1 Å². The van der Waals surface area contributed by atoms with Gasteiger partial charge >= 0.3 is 5.97 Å². The van der Waals surface area contributed by atoms with E-state index in [0.717, 1.165) is 89.4 Å². The first-order valence-electron chi connectivity index (χ1n) is 26.0. The van der Waals surface area contributed by atoms with Crippen LogP contribution in [-0.2, 0) is 21.0 Å². The van der Waals surface area contributed by atoms with Crippen LogP contribution in [0.3, 0.4) is 0 Å². The molecule has 0 aliphatic carbocycles. The highest BCUT2D eigenvalue weighted by molar-refractivity contribution is 6.04. The maximum atomic E-state index is 12.2. The van der Waals surface area contributed by atoms with Crippen LogP contribution in [0, 0.1) is 52.9 Å². The Morgan fingerprint density at radius 1 is 0.434 bits per heavy atom. The number of nitrogens with zero attached hydrogens (tertiary/aromatic N) is 2. The first-order valence-corrected chi connectivity index (χ1v) is 26.0. The minimum Gasteiger partial charge on any atom is -0.477 e. The number of para-hydroxylation sites is 2. The van der Waals surface area contributed by atoms with Crippen molar-refractivity contribution in [2.45, 2.75) is 57.8 Å². The summed E-state index contributed by atoms with van der Waals surface area (Å²) < 4.78 is 6.71. The molecule has 0 fully saturated rings. The highest BCUT2D eigenvalue weighted by atomic mass is 16.4. The van der Waals surface area contributed by atoms with Gasteiger partial charge < -0.3 is 14.4 Å². The third-order valence-corrected chi connectivity index (χ3v) is 16.7. The van der Waals surface area contributed by atoms with Gasteiger partial charge in [-0.3, -0.25) is 0 Å². The van der Waals surface area contributed by atoms with Crippen LogP contribution in [0.1, 0.15) is 106 Å². The van der Waals surface area contributed by atoms with Crippen LogP contribution in [0.4, 0.5) is 17.1 Å². The minimum absolute atomic E-state index is 0.275. The molecular weight excluding hydrogens is 929 g/mol. The van der Waals surface area contributed by atoms with Crippen LogP contribution in [0.2, 0.25) is 0 Å². The van der Waals surface area contributed by atoms with Gasteiger partial charge in [-0.25, -0.2) is 4.79 Å². The summed E-state index contributed by atoms with van der Waals surface area (Å²) in [5, 5.41) is 19.8. The van der Waals surface area contributed by atoms with Gasteiger partial charge in [0.1, 0.15) is 23.2 Å². The molecule has 1 aromatic heterocycles. The molecule has 0 radical (unpaired) electrons. The van der Waals surface area contributed by atoms with Crippen LogP contribution in [0.5, 0.6) is 0 Å². The van der Waals surface area contributed by atoms with Gasteiger partial charge in [-0.05, 0) is 133 Å². The zero-order valence-corrected chi connectivity index (χ0v) is 43.4. The zero-order valence-electron chi connectivity index (χ0n) is 43.4. The molecule has 0 atom stereocenters. The van der Waals surface area contributed by atoms with Crippen molar-refractivity contribution in [3.8, 4) is 17.4 Å². The van der Waals surface area contributed by atoms with E-state index in [-0.39, 0.29) is 5.76 Å². The molecule has 10 aromatic rings. The van der Waals surface area contributed by atoms with Gasteiger partial charge in [0.05, 0.1) is 33.3 Å². The molecule has 5 heteroatoms. The third-order valence-electron chi connectivity index (χ3n) is 16.7. The van der Waals surface area contributed by atoms with Crippen LogP contribution >= 0.6 is 0 Å². The Kier molecular flexibility index (Phi) is 10.5. The lowest BCUT2D eigenvalue weighted by molar-refractivity contribution is -0.132. The number of carbonyl (C=O) groups is 1. The van der Waals surface area contributed by atoms with Crippen molar-refractivity contribution >= 4 is 29.1 Å². The standard InChI is InChI=1S/C71H54N2O3/c1-43-13-25-51(26-14-43)69(52-27-15-44(2)16-28-52)58-9-7-11-60-65(58)73-66-59(69)10-8-12-61(66)71(55-33-21-47(5)22-34-55,56-35-23-48(6)24-36-56)63-41-49(64-38-37-57(76-64)39-50(42-72)68(74)75)40-62(67(63)73)70(60,53-29-17-45(3)18-30-53)54-31-19-46(4)20-32-54/h7-41H,1-6H3,(H,74,75)/b50-39+. The molecule has 3 aliphatic rings. The summed E-state index contributed by atoms with van der Waals surface area (Å²) in [6.45, 7) is 12.9. The summed E-state index contributed by atoms with van der Waals surface area (Å²) >= 11 is 0. The number of furan rings is 1. The largest absolute Gasteiger partial charge is 0.477 e. The second-order valence-electron chi connectivity index (χ2n) is 21.3. The first-order chi connectivity index (χ1) is 36.9. The molecule has 0 unspecified atom stereocenters. The molecule has 4 heterocycles. The molecule has 76 heavy (non-hydrogen) atoms. The van der Waals surface area contributed by atoms with E-state index in [1.54, 1.807) is 6.07 Å². The molecule has 366 valence electrons. The van der Waals surface area contributed by atoms with Crippen molar-refractivity contribution < 1.29 is 14.3 Å². The first kappa shape index (κ1) is 46.5. The van der Waals surface area contributed by atoms with Crippen molar-refractivity contribution in [1.82, 2.24) is 0 Å². The van der Waals surface area contributed by atoms with Crippen LogP contribution in [0.15, 0.2) is 216 Å². The minimum atomic E-state index is -1.31. The second kappa shape index (κ2) is 17.2. The predicted octanol–water partition coefficient (Wildman–Crippen LogP) is 16.3. The van der Waals surface area contributed by atoms with Gasteiger partial charge in [-0.1, -0.05) is 215 Å². The number of nitriles is 1.